The summed E-state index contributed by atoms with van der Waals surface area (Å²) >= 11 is 0. The fourth-order valence-electron chi connectivity index (χ4n) is 6.37. The Morgan fingerprint density at radius 2 is 1.89 bits per heavy atom. The van der Waals surface area contributed by atoms with Crippen LogP contribution in [0.25, 0.3) is 6.08 Å². The first-order valence-electron chi connectivity index (χ1n) is 16.2. The van der Waals surface area contributed by atoms with E-state index in [9.17, 15) is 14.7 Å². The third kappa shape index (κ3) is 9.76. The van der Waals surface area contributed by atoms with Crippen LogP contribution < -0.4 is 15.4 Å². The summed E-state index contributed by atoms with van der Waals surface area (Å²) in [6, 6.07) is 12.3. The Bertz CT molecular complexity index is 1490. The molecule has 0 radical (unpaired) electrons. The van der Waals surface area contributed by atoms with Crippen LogP contribution in [0.2, 0.25) is 0 Å². The number of carbonyl (C=O) groups is 2. The van der Waals surface area contributed by atoms with Gasteiger partial charge in [0.1, 0.15) is 11.6 Å². The minimum absolute atomic E-state index is 0.0245. The highest BCUT2D eigenvalue weighted by Gasteiger charge is 2.24. The van der Waals surface area contributed by atoms with Gasteiger partial charge in [0, 0.05) is 30.6 Å². The summed E-state index contributed by atoms with van der Waals surface area (Å²) in [5.41, 5.74) is 7.56. The predicted molar refractivity (Wildman–Crippen MR) is 182 cm³/mol. The number of pyridine rings is 1. The number of fused-ring (bicyclic) bond motifs is 1. The highest BCUT2D eigenvalue weighted by molar-refractivity contribution is 6.06. The van der Waals surface area contributed by atoms with E-state index in [1.54, 1.807) is 18.2 Å². The zero-order valence-electron chi connectivity index (χ0n) is 27.5. The van der Waals surface area contributed by atoms with Crippen LogP contribution in [0.15, 0.2) is 48.7 Å². The predicted octanol–water partition coefficient (Wildman–Crippen LogP) is 7.30. The van der Waals surface area contributed by atoms with Crippen LogP contribution in [0.1, 0.15) is 96.7 Å². The second-order valence-electron chi connectivity index (χ2n) is 12.6. The highest BCUT2D eigenvalue weighted by Crippen LogP contribution is 2.38. The van der Waals surface area contributed by atoms with Crippen molar-refractivity contribution in [2.24, 2.45) is 5.92 Å². The maximum Gasteiger partial charge on any atom is 0.163 e. The van der Waals surface area contributed by atoms with Gasteiger partial charge in [-0.15, -0.1) is 0 Å². The van der Waals surface area contributed by atoms with Crippen molar-refractivity contribution < 1.29 is 19.4 Å². The number of nitrogens with one attached hydrogen (secondary N) is 2. The summed E-state index contributed by atoms with van der Waals surface area (Å²) in [6.45, 7) is 8.36. The minimum Gasteiger partial charge on any atom is -0.504 e. The van der Waals surface area contributed by atoms with Gasteiger partial charge >= 0.3 is 0 Å². The second-order valence-corrected chi connectivity index (χ2v) is 12.6. The monoisotopic (exact) mass is 611 g/mol. The molecule has 2 aromatic carbocycles. The molecule has 0 amide bonds. The minimum atomic E-state index is -0.224. The molecule has 1 aliphatic rings. The lowest BCUT2D eigenvalue weighted by Gasteiger charge is -2.27. The molecule has 0 fully saturated rings. The summed E-state index contributed by atoms with van der Waals surface area (Å²) in [5, 5.41) is 17.3. The number of methoxy groups -OCH3 is 1. The van der Waals surface area contributed by atoms with Crippen LogP contribution in [0.4, 0.5) is 5.82 Å². The molecule has 0 bridgehead atoms. The zero-order chi connectivity index (χ0) is 32.3. The summed E-state index contributed by atoms with van der Waals surface area (Å²) in [7, 11) is 3.47. The van der Waals surface area contributed by atoms with E-state index < -0.39 is 0 Å². The number of carbonyl (C=O) groups excluding carboxylic acids is 2. The number of rotatable bonds is 16. The maximum atomic E-state index is 12.7. The van der Waals surface area contributed by atoms with Gasteiger partial charge in [0.2, 0.25) is 0 Å². The molecule has 240 valence electrons. The Labute approximate surface area is 268 Å². The molecule has 7 heteroatoms. The van der Waals surface area contributed by atoms with Crippen molar-refractivity contribution in [2.45, 2.75) is 78.1 Å². The van der Waals surface area contributed by atoms with Crippen molar-refractivity contribution in [1.29, 1.82) is 0 Å². The summed E-state index contributed by atoms with van der Waals surface area (Å²) < 4.78 is 5.36. The molecule has 7 nitrogen and oxygen atoms in total. The van der Waals surface area contributed by atoms with E-state index in [0.29, 0.717) is 24.5 Å². The van der Waals surface area contributed by atoms with Gasteiger partial charge in [-0.2, -0.15) is 0 Å². The van der Waals surface area contributed by atoms with E-state index >= 15 is 0 Å². The average Bonchev–Trinajstić information content (AvgIpc) is 2.99. The van der Waals surface area contributed by atoms with Gasteiger partial charge in [-0.25, -0.2) is 4.98 Å². The van der Waals surface area contributed by atoms with E-state index in [4.69, 9.17) is 9.72 Å². The number of Topliss-reactive ketones (excluding diaryl/α,β-unsaturated/α-hetero) is 1. The fraction of sp³-hybridized carbons (Fsp3) is 0.447. The molecular formula is C38H49N3O4. The van der Waals surface area contributed by atoms with Crippen LogP contribution in [-0.2, 0) is 16.0 Å². The number of phenols is 1. The first kappa shape index (κ1) is 33.9. The van der Waals surface area contributed by atoms with Gasteiger partial charge < -0.3 is 20.5 Å². The smallest absolute Gasteiger partial charge is 0.163 e. The second kappa shape index (κ2) is 16.4. The molecule has 0 saturated carbocycles. The van der Waals surface area contributed by atoms with E-state index in [1.807, 2.05) is 13.2 Å². The zero-order valence-corrected chi connectivity index (χ0v) is 27.5. The van der Waals surface area contributed by atoms with Crippen molar-refractivity contribution in [3.63, 3.8) is 0 Å². The van der Waals surface area contributed by atoms with Gasteiger partial charge in [-0.3, -0.25) is 9.59 Å². The largest absolute Gasteiger partial charge is 0.504 e. The molecule has 0 spiro atoms. The van der Waals surface area contributed by atoms with Gasteiger partial charge in [0.25, 0.3) is 0 Å². The van der Waals surface area contributed by atoms with E-state index in [2.05, 4.69) is 55.7 Å². The number of unbranched alkanes of at least 4 members (excludes halogenated alkanes) is 2. The van der Waals surface area contributed by atoms with Crippen LogP contribution in [0, 0.1) is 19.8 Å². The lowest BCUT2D eigenvalue weighted by atomic mass is 9.84. The Morgan fingerprint density at radius 3 is 2.62 bits per heavy atom. The SMILES string of the molecule is CNC[C@H](C)CCCCCC(=O)CC(=O)C=Cc1cc(OC)c(O)cc1Cc1cnc2c(c1)[C@H](c1cc(C)cc(C)c1)CCN2. The number of hydrogen-bond acceptors (Lipinski definition) is 7. The normalized spacial score (nSPS) is 15.0. The lowest BCUT2D eigenvalue weighted by molar-refractivity contribution is -0.124. The van der Waals surface area contributed by atoms with Crippen molar-refractivity contribution in [2.75, 3.05) is 32.6 Å². The third-order valence-corrected chi connectivity index (χ3v) is 8.58. The number of nitrogens with zero attached hydrogens (tertiary/aromatic N) is 1. The van der Waals surface area contributed by atoms with Crippen molar-refractivity contribution in [1.82, 2.24) is 10.3 Å². The van der Waals surface area contributed by atoms with E-state index in [0.717, 1.165) is 67.7 Å². The number of ketones is 2. The Hall–Kier alpha value is -3.97. The molecule has 45 heavy (non-hydrogen) atoms. The summed E-state index contributed by atoms with van der Waals surface area (Å²) in [4.78, 5) is 30.0. The number of phenolic OH excluding ortho intramolecular Hbond substituents is 1. The maximum absolute atomic E-state index is 12.7. The quantitative estimate of drug-likeness (QED) is 0.0888. The molecule has 1 aliphatic heterocycles. The number of benzene rings is 2. The van der Waals surface area contributed by atoms with Crippen LogP contribution in [0.3, 0.4) is 0 Å². The van der Waals surface area contributed by atoms with E-state index in [-0.39, 0.29) is 29.7 Å². The summed E-state index contributed by atoms with van der Waals surface area (Å²) in [5.74, 6) is 1.89. The molecule has 0 unspecified atom stereocenters. The lowest BCUT2D eigenvalue weighted by Crippen LogP contribution is -2.19. The average molecular weight is 612 g/mol. The molecular weight excluding hydrogens is 562 g/mol. The van der Waals surface area contributed by atoms with Gasteiger partial charge in [-0.05, 0) is 106 Å². The fourth-order valence-corrected chi connectivity index (χ4v) is 6.37. The first-order valence-corrected chi connectivity index (χ1v) is 16.2. The van der Waals surface area contributed by atoms with Crippen molar-refractivity contribution in [3.05, 3.63) is 87.6 Å². The number of hydrogen-bond donors (Lipinski definition) is 3. The molecule has 1 aromatic heterocycles. The Kier molecular flexibility index (Phi) is 12.3. The first-order chi connectivity index (χ1) is 21.7. The molecule has 4 rings (SSSR count). The molecule has 2 atom stereocenters. The Balaban J connectivity index is 1.45. The summed E-state index contributed by atoms with van der Waals surface area (Å²) in [6.07, 6.45) is 10.9. The van der Waals surface area contributed by atoms with Crippen LogP contribution in [-0.4, -0.2) is 48.9 Å². The molecule has 0 saturated heterocycles. The Morgan fingerprint density at radius 1 is 1.11 bits per heavy atom. The topological polar surface area (TPSA) is 101 Å². The molecule has 0 aliphatic carbocycles. The number of aromatic nitrogens is 1. The van der Waals surface area contributed by atoms with Gasteiger partial charge in [0.05, 0.1) is 13.5 Å². The van der Waals surface area contributed by atoms with Crippen LogP contribution in [0.5, 0.6) is 11.5 Å². The van der Waals surface area contributed by atoms with Gasteiger partial charge in [-0.1, -0.05) is 55.2 Å². The molecule has 2 heterocycles. The molecule has 3 aromatic rings. The molecule has 3 N–H and O–H groups in total. The van der Waals surface area contributed by atoms with E-state index in [1.165, 1.54) is 35.4 Å². The van der Waals surface area contributed by atoms with Crippen molar-refractivity contribution in [3.8, 4) is 11.5 Å². The number of ether oxygens (including phenoxy) is 1. The third-order valence-electron chi connectivity index (χ3n) is 8.58. The van der Waals surface area contributed by atoms with Crippen molar-refractivity contribution >= 4 is 23.5 Å². The standard InChI is InChI=1S/C38H49N3O4/c1-25(23-39-4)9-7-6-8-10-32(42)22-33(43)12-11-29-21-37(45-5)36(44)20-30(29)18-28-19-35-34(13-14-40-38(35)41-24-28)31-16-26(2)15-27(3)17-31/h11-12,15-17,19-21,24-25,34,39,44H,6-10,13-14,18,22-23H2,1-5H3,(H,40,41)/t25-,34+/m1/s1. The number of allylic oxidation sites excluding steroid dienone is 1. The van der Waals surface area contributed by atoms with Crippen LogP contribution >= 0.6 is 0 Å². The number of aromatic hydroxyl groups is 1. The highest BCUT2D eigenvalue weighted by atomic mass is 16.5. The number of anilines is 1. The van der Waals surface area contributed by atoms with Gasteiger partial charge in [0.15, 0.2) is 17.3 Å². The number of aryl methyl sites for hydroxylation is 2.